The molecule has 30 heavy (non-hydrogen) atoms. The Morgan fingerprint density at radius 2 is 1.80 bits per heavy atom. The van der Waals surface area contributed by atoms with Gasteiger partial charge in [0.05, 0.1) is 44.6 Å². The van der Waals surface area contributed by atoms with Crippen LogP contribution < -0.4 is 19.5 Å². The van der Waals surface area contributed by atoms with E-state index in [1.54, 1.807) is 18.9 Å². The van der Waals surface area contributed by atoms with Gasteiger partial charge in [-0.25, -0.2) is 13.1 Å². The zero-order valence-electron chi connectivity index (χ0n) is 17.4. The van der Waals surface area contributed by atoms with E-state index in [0.29, 0.717) is 29.5 Å². The van der Waals surface area contributed by atoms with Gasteiger partial charge >= 0.3 is 0 Å². The predicted octanol–water partition coefficient (Wildman–Crippen LogP) is 2.05. The Morgan fingerprint density at radius 1 is 1.13 bits per heavy atom. The van der Waals surface area contributed by atoms with Crippen LogP contribution in [0, 0.1) is 6.92 Å². The second kappa shape index (κ2) is 7.50. The summed E-state index contributed by atoms with van der Waals surface area (Å²) in [4.78, 5) is 12.6. The van der Waals surface area contributed by atoms with Gasteiger partial charge in [-0.1, -0.05) is 0 Å². The van der Waals surface area contributed by atoms with Gasteiger partial charge in [-0.3, -0.25) is 4.79 Å². The summed E-state index contributed by atoms with van der Waals surface area (Å²) in [7, 11) is 1.54. The second-order valence-electron chi connectivity index (χ2n) is 7.61. The molecule has 2 aliphatic heterocycles. The van der Waals surface area contributed by atoms with Gasteiger partial charge in [-0.05, 0) is 31.0 Å². The van der Waals surface area contributed by atoms with Crippen molar-refractivity contribution in [2.24, 2.45) is 0 Å². The number of amides is 1. The molecule has 1 saturated heterocycles. The molecule has 1 N–H and O–H groups in total. The highest BCUT2D eigenvalue weighted by Gasteiger charge is 2.37. The number of nitrogens with zero attached hydrogens (tertiary/aromatic N) is 2. The van der Waals surface area contributed by atoms with Crippen molar-refractivity contribution in [2.75, 3.05) is 38.2 Å². The molecule has 0 unspecified atom stereocenters. The normalized spacial score (nSPS) is 22.3. The fourth-order valence-electron chi connectivity index (χ4n) is 4.39. The Balaban J connectivity index is 1.83. The summed E-state index contributed by atoms with van der Waals surface area (Å²) in [5, 5.41) is 7.53. The van der Waals surface area contributed by atoms with Crippen molar-refractivity contribution in [1.29, 1.82) is 0 Å². The SMILES string of the molecule is COc1cc([C@@H]2CC(=O)Nc3c2c(C)nn3[C@@H]2CCS(=O)(=O)C2)cc(OC)c1OC. The molecule has 0 spiro atoms. The van der Waals surface area contributed by atoms with Gasteiger partial charge in [0.25, 0.3) is 0 Å². The zero-order chi connectivity index (χ0) is 21.6. The number of sulfone groups is 1. The number of carbonyl (C=O) groups is 1. The molecule has 3 heterocycles. The third-order valence-electron chi connectivity index (χ3n) is 5.77. The largest absolute Gasteiger partial charge is 0.493 e. The Bertz CT molecular complexity index is 1080. The van der Waals surface area contributed by atoms with E-state index >= 15 is 0 Å². The third kappa shape index (κ3) is 3.38. The molecule has 1 aromatic heterocycles. The van der Waals surface area contributed by atoms with Crippen LogP contribution in [0.4, 0.5) is 5.82 Å². The summed E-state index contributed by atoms with van der Waals surface area (Å²) in [6.45, 7) is 1.88. The number of nitrogens with one attached hydrogen (secondary N) is 1. The monoisotopic (exact) mass is 435 g/mol. The average Bonchev–Trinajstić information content (AvgIpc) is 3.24. The maximum Gasteiger partial charge on any atom is 0.226 e. The number of carbonyl (C=O) groups excluding carboxylic acids is 1. The smallest absolute Gasteiger partial charge is 0.226 e. The van der Waals surface area contributed by atoms with Crippen molar-refractivity contribution in [3.63, 3.8) is 0 Å². The summed E-state index contributed by atoms with van der Waals surface area (Å²) in [6.07, 6.45) is 0.724. The Morgan fingerprint density at radius 3 is 2.33 bits per heavy atom. The molecule has 1 fully saturated rings. The van der Waals surface area contributed by atoms with E-state index in [9.17, 15) is 13.2 Å². The summed E-state index contributed by atoms with van der Waals surface area (Å²) in [6, 6.07) is 3.40. The Hall–Kier alpha value is -2.75. The standard InChI is InChI=1S/C20H25N3O6S/c1-11-18-14(12-7-15(27-2)19(29-4)16(8-12)28-3)9-17(24)21-20(18)23(22-11)13-5-6-30(25,26)10-13/h7-8,13-14H,5-6,9-10H2,1-4H3,(H,21,24)/t13-,14+/m1/s1. The highest BCUT2D eigenvalue weighted by atomic mass is 32.2. The van der Waals surface area contributed by atoms with Crippen molar-refractivity contribution in [1.82, 2.24) is 9.78 Å². The lowest BCUT2D eigenvalue weighted by atomic mass is 9.85. The number of aromatic nitrogens is 2. The highest BCUT2D eigenvalue weighted by molar-refractivity contribution is 7.91. The molecule has 10 heteroatoms. The van der Waals surface area contributed by atoms with E-state index in [-0.39, 0.29) is 35.8 Å². The fraction of sp³-hybridized carbons (Fsp3) is 0.500. The highest BCUT2D eigenvalue weighted by Crippen LogP contribution is 2.46. The van der Waals surface area contributed by atoms with E-state index in [1.807, 2.05) is 19.1 Å². The minimum Gasteiger partial charge on any atom is -0.493 e. The molecule has 2 atom stereocenters. The molecule has 2 aromatic rings. The Labute approximate surface area is 175 Å². The minimum atomic E-state index is -3.09. The third-order valence-corrected chi connectivity index (χ3v) is 7.52. The summed E-state index contributed by atoms with van der Waals surface area (Å²) in [5.41, 5.74) is 2.48. The second-order valence-corrected chi connectivity index (χ2v) is 9.84. The number of anilines is 1. The van der Waals surface area contributed by atoms with Gasteiger partial charge in [0.15, 0.2) is 21.3 Å². The van der Waals surface area contributed by atoms with Gasteiger partial charge < -0.3 is 19.5 Å². The van der Waals surface area contributed by atoms with Crippen LogP contribution in [0.1, 0.15) is 41.6 Å². The first-order chi connectivity index (χ1) is 14.3. The number of methoxy groups -OCH3 is 3. The number of fused-ring (bicyclic) bond motifs is 1. The molecule has 0 radical (unpaired) electrons. The first-order valence-corrected chi connectivity index (χ1v) is 11.5. The maximum absolute atomic E-state index is 12.6. The molecule has 162 valence electrons. The summed E-state index contributed by atoms with van der Waals surface area (Å²) < 4.78 is 42.0. The fourth-order valence-corrected chi connectivity index (χ4v) is 6.08. The van der Waals surface area contributed by atoms with Gasteiger partial charge in [0.1, 0.15) is 5.82 Å². The van der Waals surface area contributed by atoms with Crippen LogP contribution in [0.15, 0.2) is 12.1 Å². The summed E-state index contributed by atoms with van der Waals surface area (Å²) in [5.74, 6) is 1.81. The van der Waals surface area contributed by atoms with Crippen molar-refractivity contribution in [3.05, 3.63) is 29.0 Å². The number of rotatable bonds is 5. The average molecular weight is 436 g/mol. The first-order valence-electron chi connectivity index (χ1n) is 9.67. The number of aryl methyl sites for hydroxylation is 1. The topological polar surface area (TPSA) is 109 Å². The lowest BCUT2D eigenvalue weighted by molar-refractivity contribution is -0.116. The van der Waals surface area contributed by atoms with Crippen molar-refractivity contribution in [3.8, 4) is 17.2 Å². The predicted molar refractivity (Wildman–Crippen MR) is 110 cm³/mol. The molecule has 1 aromatic carbocycles. The van der Waals surface area contributed by atoms with E-state index in [1.165, 1.54) is 7.11 Å². The molecular weight excluding hydrogens is 410 g/mol. The van der Waals surface area contributed by atoms with Gasteiger partial charge in [-0.15, -0.1) is 0 Å². The molecule has 1 amide bonds. The molecular formula is C20H25N3O6S. The van der Waals surface area contributed by atoms with Crippen LogP contribution in [-0.4, -0.2) is 56.9 Å². The lowest BCUT2D eigenvalue weighted by Crippen LogP contribution is -2.26. The molecule has 2 aliphatic rings. The van der Waals surface area contributed by atoms with Gasteiger partial charge in [0, 0.05) is 17.9 Å². The van der Waals surface area contributed by atoms with Gasteiger partial charge in [0.2, 0.25) is 11.7 Å². The van der Waals surface area contributed by atoms with Crippen molar-refractivity contribution >= 4 is 21.6 Å². The first kappa shape index (κ1) is 20.5. The molecule has 9 nitrogen and oxygen atoms in total. The minimum absolute atomic E-state index is 0.0330. The van der Waals surface area contributed by atoms with E-state index in [2.05, 4.69) is 10.4 Å². The van der Waals surface area contributed by atoms with Crippen molar-refractivity contribution < 1.29 is 27.4 Å². The zero-order valence-corrected chi connectivity index (χ0v) is 18.2. The summed E-state index contributed by atoms with van der Waals surface area (Å²) >= 11 is 0. The quantitative estimate of drug-likeness (QED) is 0.766. The van der Waals surface area contributed by atoms with E-state index in [4.69, 9.17) is 14.2 Å². The van der Waals surface area contributed by atoms with Gasteiger partial charge in [-0.2, -0.15) is 5.10 Å². The van der Waals surface area contributed by atoms with Crippen LogP contribution in [0.5, 0.6) is 17.2 Å². The molecule has 0 saturated carbocycles. The van der Waals surface area contributed by atoms with Crippen LogP contribution in [0.25, 0.3) is 0 Å². The Kier molecular flexibility index (Phi) is 5.13. The lowest BCUT2D eigenvalue weighted by Gasteiger charge is -2.26. The van der Waals surface area contributed by atoms with Crippen LogP contribution in [0.2, 0.25) is 0 Å². The van der Waals surface area contributed by atoms with Crippen LogP contribution in [0.3, 0.4) is 0 Å². The molecule has 4 rings (SSSR count). The molecule has 0 bridgehead atoms. The molecule has 0 aliphatic carbocycles. The number of hydrogen-bond donors (Lipinski definition) is 1. The number of hydrogen-bond acceptors (Lipinski definition) is 7. The van der Waals surface area contributed by atoms with E-state index < -0.39 is 9.84 Å². The van der Waals surface area contributed by atoms with Crippen LogP contribution >= 0.6 is 0 Å². The number of benzene rings is 1. The maximum atomic E-state index is 12.6. The van der Waals surface area contributed by atoms with Crippen LogP contribution in [-0.2, 0) is 14.6 Å². The number of ether oxygens (including phenoxy) is 3. The van der Waals surface area contributed by atoms with E-state index in [0.717, 1.165) is 16.8 Å². The van der Waals surface area contributed by atoms with Crippen molar-refractivity contribution in [2.45, 2.75) is 31.7 Å².